The fraction of sp³-hybridized carbons (Fsp3) is 0.556. The summed E-state index contributed by atoms with van der Waals surface area (Å²) in [6, 6.07) is 10.2. The summed E-state index contributed by atoms with van der Waals surface area (Å²) < 4.78 is 0. The van der Waals surface area contributed by atoms with E-state index in [9.17, 15) is 10.1 Å². The lowest BCUT2D eigenvalue weighted by molar-refractivity contribution is -0.135. The molecule has 22 heavy (non-hydrogen) atoms. The lowest BCUT2D eigenvalue weighted by Gasteiger charge is -2.31. The number of carbonyl (C=O) groups is 1. The van der Waals surface area contributed by atoms with Gasteiger partial charge in [0.25, 0.3) is 0 Å². The van der Waals surface area contributed by atoms with Crippen LogP contribution in [0.25, 0.3) is 0 Å². The molecule has 1 saturated heterocycles. The monoisotopic (exact) mass is 299 g/mol. The molecule has 1 unspecified atom stereocenters. The summed E-state index contributed by atoms with van der Waals surface area (Å²) in [5.41, 5.74) is 2.13. The number of nitriles is 1. The van der Waals surface area contributed by atoms with E-state index < -0.39 is 5.92 Å². The summed E-state index contributed by atoms with van der Waals surface area (Å²) in [4.78, 5) is 16.4. The Balaban J connectivity index is 2.04. The summed E-state index contributed by atoms with van der Waals surface area (Å²) in [5.74, 6) is 0.0943. The number of hydrogen-bond donors (Lipinski definition) is 0. The van der Waals surface area contributed by atoms with Crippen molar-refractivity contribution in [2.45, 2.75) is 26.2 Å². The van der Waals surface area contributed by atoms with E-state index in [4.69, 9.17) is 0 Å². The molecule has 0 N–H and O–H groups in total. The number of piperidine rings is 1. The molecule has 1 amide bonds. The van der Waals surface area contributed by atoms with Crippen molar-refractivity contribution in [3.05, 3.63) is 29.8 Å². The standard InChI is InChI=1S/C18H25N3O/c1-14-7-9-21(10-8-14)18(22)16(13-19)11-15-5-4-6-17(12-15)20(2)3/h4-6,12,14,16H,7-11H2,1-3H3. The number of likely N-dealkylation sites (tertiary alicyclic amines) is 1. The van der Waals surface area contributed by atoms with Gasteiger partial charge in [-0.2, -0.15) is 5.26 Å². The maximum atomic E-state index is 12.6. The van der Waals surface area contributed by atoms with Crippen LogP contribution in [0.1, 0.15) is 25.3 Å². The SMILES string of the molecule is CC1CCN(C(=O)C(C#N)Cc2cccc(N(C)C)c2)CC1. The van der Waals surface area contributed by atoms with Gasteiger partial charge in [-0.1, -0.05) is 19.1 Å². The number of amides is 1. The van der Waals surface area contributed by atoms with Crippen LogP contribution in [0.5, 0.6) is 0 Å². The molecule has 1 aromatic rings. The maximum Gasteiger partial charge on any atom is 0.240 e. The summed E-state index contributed by atoms with van der Waals surface area (Å²) in [6.07, 6.45) is 2.57. The smallest absolute Gasteiger partial charge is 0.240 e. The van der Waals surface area contributed by atoms with Crippen LogP contribution < -0.4 is 4.90 Å². The molecule has 0 saturated carbocycles. The maximum absolute atomic E-state index is 12.6. The van der Waals surface area contributed by atoms with Crippen LogP contribution in [0.4, 0.5) is 5.69 Å². The Hall–Kier alpha value is -2.02. The van der Waals surface area contributed by atoms with E-state index in [1.54, 1.807) is 0 Å². The zero-order valence-electron chi connectivity index (χ0n) is 13.7. The Morgan fingerprint density at radius 1 is 1.41 bits per heavy atom. The van der Waals surface area contributed by atoms with E-state index in [1.165, 1.54) is 0 Å². The highest BCUT2D eigenvalue weighted by molar-refractivity contribution is 5.81. The Morgan fingerprint density at radius 2 is 2.09 bits per heavy atom. The summed E-state index contributed by atoms with van der Waals surface area (Å²) in [7, 11) is 3.97. The molecule has 0 aliphatic carbocycles. The minimum absolute atomic E-state index is 0.00958. The van der Waals surface area contributed by atoms with E-state index in [0.29, 0.717) is 12.3 Å². The Bertz CT molecular complexity index is 554. The van der Waals surface area contributed by atoms with Crippen molar-refractivity contribution < 1.29 is 4.79 Å². The van der Waals surface area contributed by atoms with Gasteiger partial charge in [0, 0.05) is 32.9 Å². The zero-order chi connectivity index (χ0) is 16.1. The van der Waals surface area contributed by atoms with Gasteiger partial charge >= 0.3 is 0 Å². The summed E-state index contributed by atoms with van der Waals surface area (Å²) in [5, 5.41) is 9.41. The lowest BCUT2D eigenvalue weighted by Crippen LogP contribution is -2.41. The molecule has 1 heterocycles. The molecule has 0 radical (unpaired) electrons. The topological polar surface area (TPSA) is 47.3 Å². The number of nitrogens with zero attached hydrogens (tertiary/aromatic N) is 3. The van der Waals surface area contributed by atoms with Crippen molar-refractivity contribution in [1.82, 2.24) is 4.90 Å². The van der Waals surface area contributed by atoms with Crippen LogP contribution >= 0.6 is 0 Å². The first-order chi connectivity index (χ1) is 10.5. The van der Waals surface area contributed by atoms with Gasteiger partial charge in [-0.15, -0.1) is 0 Å². The Kier molecular flexibility index (Phi) is 5.43. The normalized spacial score (nSPS) is 16.9. The Labute approximate surface area is 133 Å². The van der Waals surface area contributed by atoms with Crippen LogP contribution in [0.2, 0.25) is 0 Å². The van der Waals surface area contributed by atoms with Crippen molar-refractivity contribution in [2.24, 2.45) is 11.8 Å². The molecule has 118 valence electrons. The molecular formula is C18H25N3O. The molecular weight excluding hydrogens is 274 g/mol. The molecule has 2 rings (SSSR count). The first kappa shape index (κ1) is 16.4. The average molecular weight is 299 g/mol. The molecule has 1 aliphatic heterocycles. The van der Waals surface area contributed by atoms with Gasteiger partial charge in [-0.05, 0) is 42.9 Å². The third kappa shape index (κ3) is 4.00. The third-order valence-electron chi connectivity index (χ3n) is 4.42. The van der Waals surface area contributed by atoms with Crippen LogP contribution in [0.3, 0.4) is 0 Å². The van der Waals surface area contributed by atoms with Gasteiger partial charge in [0.2, 0.25) is 5.91 Å². The average Bonchev–Trinajstić information content (AvgIpc) is 2.53. The number of hydrogen-bond acceptors (Lipinski definition) is 3. The van der Waals surface area contributed by atoms with Gasteiger partial charge in [0.05, 0.1) is 6.07 Å². The van der Waals surface area contributed by atoms with E-state index in [0.717, 1.165) is 37.2 Å². The molecule has 1 atom stereocenters. The van der Waals surface area contributed by atoms with Crippen LogP contribution in [-0.4, -0.2) is 38.0 Å². The second kappa shape index (κ2) is 7.31. The number of anilines is 1. The molecule has 1 aliphatic rings. The number of carbonyl (C=O) groups excluding carboxylic acids is 1. The molecule has 0 aromatic heterocycles. The van der Waals surface area contributed by atoms with Gasteiger partial charge in [-0.3, -0.25) is 4.79 Å². The van der Waals surface area contributed by atoms with Gasteiger partial charge in [-0.25, -0.2) is 0 Å². The fourth-order valence-electron chi connectivity index (χ4n) is 2.83. The molecule has 4 nitrogen and oxygen atoms in total. The second-order valence-corrected chi connectivity index (χ2v) is 6.46. The van der Waals surface area contributed by atoms with Crippen molar-refractivity contribution in [3.63, 3.8) is 0 Å². The molecule has 1 aromatic carbocycles. The van der Waals surface area contributed by atoms with Crippen LogP contribution in [0, 0.1) is 23.2 Å². The minimum atomic E-state index is -0.578. The van der Waals surface area contributed by atoms with Gasteiger partial charge in [0.15, 0.2) is 0 Å². The summed E-state index contributed by atoms with van der Waals surface area (Å²) >= 11 is 0. The number of benzene rings is 1. The van der Waals surface area contributed by atoms with E-state index in [2.05, 4.69) is 19.1 Å². The molecule has 0 spiro atoms. The summed E-state index contributed by atoms with van der Waals surface area (Å²) in [6.45, 7) is 3.79. The van der Waals surface area contributed by atoms with Gasteiger partial charge < -0.3 is 9.80 Å². The molecule has 0 bridgehead atoms. The van der Waals surface area contributed by atoms with Crippen molar-refractivity contribution in [3.8, 4) is 6.07 Å². The largest absolute Gasteiger partial charge is 0.378 e. The van der Waals surface area contributed by atoms with E-state index >= 15 is 0 Å². The van der Waals surface area contributed by atoms with Crippen LogP contribution in [0.15, 0.2) is 24.3 Å². The lowest BCUT2D eigenvalue weighted by atomic mass is 9.95. The van der Waals surface area contributed by atoms with E-state index in [1.807, 2.05) is 42.1 Å². The highest BCUT2D eigenvalue weighted by Crippen LogP contribution is 2.21. The fourth-order valence-corrected chi connectivity index (χ4v) is 2.83. The molecule has 1 fully saturated rings. The quantitative estimate of drug-likeness (QED) is 0.859. The first-order valence-electron chi connectivity index (χ1n) is 7.96. The number of rotatable bonds is 4. The minimum Gasteiger partial charge on any atom is -0.378 e. The predicted octanol–water partition coefficient (Wildman–Crippen LogP) is 2.69. The van der Waals surface area contributed by atoms with Crippen molar-refractivity contribution in [2.75, 3.05) is 32.1 Å². The van der Waals surface area contributed by atoms with Crippen molar-refractivity contribution >= 4 is 11.6 Å². The Morgan fingerprint density at radius 3 is 2.68 bits per heavy atom. The van der Waals surface area contributed by atoms with E-state index in [-0.39, 0.29) is 5.91 Å². The first-order valence-corrected chi connectivity index (χ1v) is 7.96. The second-order valence-electron chi connectivity index (χ2n) is 6.46. The highest BCUT2D eigenvalue weighted by atomic mass is 16.2. The highest BCUT2D eigenvalue weighted by Gasteiger charge is 2.27. The zero-order valence-corrected chi connectivity index (χ0v) is 13.7. The predicted molar refractivity (Wildman–Crippen MR) is 88.6 cm³/mol. The third-order valence-corrected chi connectivity index (χ3v) is 4.42. The van der Waals surface area contributed by atoms with Crippen molar-refractivity contribution in [1.29, 1.82) is 5.26 Å². The van der Waals surface area contributed by atoms with Gasteiger partial charge in [0.1, 0.15) is 5.92 Å². The van der Waals surface area contributed by atoms with Crippen LogP contribution in [-0.2, 0) is 11.2 Å². The molecule has 4 heteroatoms.